The lowest BCUT2D eigenvalue weighted by Gasteiger charge is -2.24. The first-order chi connectivity index (χ1) is 13.1. The molecule has 2 N–H and O–H groups in total. The number of anilines is 1. The normalized spacial score (nSPS) is 18.2. The second kappa shape index (κ2) is 8.94. The summed E-state index contributed by atoms with van der Waals surface area (Å²) in [5.74, 6) is 0.0501. The quantitative estimate of drug-likeness (QED) is 0.799. The van der Waals surface area contributed by atoms with Crippen LogP contribution in [-0.2, 0) is 17.8 Å². The molecule has 0 bridgehead atoms. The third kappa shape index (κ3) is 4.01. The zero-order valence-corrected chi connectivity index (χ0v) is 16.7. The Bertz CT molecular complexity index is 881. The molecule has 1 atom stereocenters. The van der Waals surface area contributed by atoms with Gasteiger partial charge in [0.25, 0.3) is 5.91 Å². The first-order valence-electron chi connectivity index (χ1n) is 8.91. The number of amides is 2. The molecule has 0 aromatic heterocycles. The summed E-state index contributed by atoms with van der Waals surface area (Å²) in [4.78, 5) is 27.1. The van der Waals surface area contributed by atoms with E-state index < -0.39 is 6.04 Å². The molecule has 5 nitrogen and oxygen atoms in total. The lowest BCUT2D eigenvalue weighted by atomic mass is 9.99. The molecule has 0 radical (unpaired) electrons. The Morgan fingerprint density at radius 2 is 1.96 bits per heavy atom. The van der Waals surface area contributed by atoms with E-state index in [0.29, 0.717) is 35.7 Å². The number of hydrogen-bond acceptors (Lipinski definition) is 4. The number of hydrogen-bond donors (Lipinski definition) is 2. The average molecular weight is 422 g/mol. The van der Waals surface area contributed by atoms with E-state index in [2.05, 4.69) is 10.6 Å². The Hall–Kier alpha value is -2.09. The van der Waals surface area contributed by atoms with Gasteiger partial charge in [0.05, 0.1) is 11.6 Å². The maximum absolute atomic E-state index is 14.8. The van der Waals surface area contributed by atoms with Crippen LogP contribution in [0.15, 0.2) is 42.5 Å². The second-order valence-corrected chi connectivity index (χ2v) is 7.64. The molecule has 28 heavy (non-hydrogen) atoms. The Balaban J connectivity index is 0.00000225. The van der Waals surface area contributed by atoms with Gasteiger partial charge in [0.1, 0.15) is 11.9 Å². The minimum absolute atomic E-state index is 0. The SMILES string of the molecule is Cl.O=C(Nc1ccc2c(c1F)CCNC2)C1CSCN1C(=O)c1ccccc1. The molecule has 2 aromatic carbocycles. The predicted octanol–water partition coefficient (Wildman–Crippen LogP) is 3.05. The van der Waals surface area contributed by atoms with Crippen LogP contribution in [0.5, 0.6) is 0 Å². The molecule has 2 aromatic rings. The molecule has 0 aliphatic carbocycles. The molecule has 1 fully saturated rings. The summed E-state index contributed by atoms with van der Waals surface area (Å²) < 4.78 is 14.8. The van der Waals surface area contributed by atoms with Crippen LogP contribution in [0.2, 0.25) is 0 Å². The van der Waals surface area contributed by atoms with Gasteiger partial charge in [-0.05, 0) is 42.3 Å². The number of carbonyl (C=O) groups excluding carboxylic acids is 2. The van der Waals surface area contributed by atoms with E-state index in [1.165, 1.54) is 11.8 Å². The molecule has 4 rings (SSSR count). The van der Waals surface area contributed by atoms with Crippen molar-refractivity contribution in [1.82, 2.24) is 10.2 Å². The first-order valence-corrected chi connectivity index (χ1v) is 10.1. The summed E-state index contributed by atoms with van der Waals surface area (Å²) in [5, 5.41) is 5.90. The highest BCUT2D eigenvalue weighted by Gasteiger charge is 2.35. The lowest BCUT2D eigenvalue weighted by molar-refractivity contribution is -0.119. The molecular weight excluding hydrogens is 401 g/mol. The molecular formula is C20H21ClFN3O2S. The van der Waals surface area contributed by atoms with Gasteiger partial charge >= 0.3 is 0 Å². The number of fused-ring (bicyclic) bond motifs is 1. The Morgan fingerprint density at radius 3 is 2.75 bits per heavy atom. The fourth-order valence-corrected chi connectivity index (χ4v) is 4.61. The fourth-order valence-electron chi connectivity index (χ4n) is 3.45. The fraction of sp³-hybridized carbons (Fsp3) is 0.300. The number of carbonyl (C=O) groups is 2. The highest BCUT2D eigenvalue weighted by molar-refractivity contribution is 7.99. The third-order valence-corrected chi connectivity index (χ3v) is 5.94. The van der Waals surface area contributed by atoms with Crippen LogP contribution in [0.4, 0.5) is 10.1 Å². The van der Waals surface area contributed by atoms with Crippen LogP contribution in [0.25, 0.3) is 0 Å². The van der Waals surface area contributed by atoms with Crippen molar-refractivity contribution in [3.8, 4) is 0 Å². The number of nitrogens with zero attached hydrogens (tertiary/aromatic N) is 1. The van der Waals surface area contributed by atoms with Crippen molar-refractivity contribution in [2.24, 2.45) is 0 Å². The molecule has 0 spiro atoms. The van der Waals surface area contributed by atoms with Crippen LogP contribution < -0.4 is 10.6 Å². The van der Waals surface area contributed by atoms with Crippen LogP contribution in [0.3, 0.4) is 0 Å². The Morgan fingerprint density at radius 1 is 1.18 bits per heavy atom. The van der Waals surface area contributed by atoms with Gasteiger partial charge in [-0.15, -0.1) is 24.2 Å². The molecule has 1 saturated heterocycles. The highest BCUT2D eigenvalue weighted by atomic mass is 35.5. The van der Waals surface area contributed by atoms with Crippen molar-refractivity contribution in [3.63, 3.8) is 0 Å². The zero-order chi connectivity index (χ0) is 18.8. The van der Waals surface area contributed by atoms with Gasteiger partial charge in [0.2, 0.25) is 5.91 Å². The van der Waals surface area contributed by atoms with E-state index in [-0.39, 0.29) is 35.7 Å². The van der Waals surface area contributed by atoms with E-state index >= 15 is 0 Å². The summed E-state index contributed by atoms with van der Waals surface area (Å²) in [6, 6.07) is 11.7. The maximum atomic E-state index is 14.8. The standard InChI is InChI=1S/C20H20FN3O2S.ClH/c21-18-15-8-9-22-10-14(15)6-7-16(18)23-19(25)17-11-27-12-24(17)20(26)13-4-2-1-3-5-13;/h1-7,17,22H,8-12H2,(H,23,25);1H. The average Bonchev–Trinajstić information content (AvgIpc) is 3.20. The van der Waals surface area contributed by atoms with Crippen molar-refractivity contribution in [1.29, 1.82) is 0 Å². The van der Waals surface area contributed by atoms with E-state index in [4.69, 9.17) is 0 Å². The summed E-state index contributed by atoms with van der Waals surface area (Å²) in [5.41, 5.74) is 2.31. The molecule has 2 aliphatic rings. The molecule has 2 heterocycles. The van der Waals surface area contributed by atoms with Crippen molar-refractivity contribution < 1.29 is 14.0 Å². The summed E-state index contributed by atoms with van der Waals surface area (Å²) >= 11 is 1.52. The van der Waals surface area contributed by atoms with Crippen LogP contribution >= 0.6 is 24.2 Å². The van der Waals surface area contributed by atoms with Crippen molar-refractivity contribution in [2.45, 2.75) is 19.0 Å². The van der Waals surface area contributed by atoms with Gasteiger partial charge in [-0.1, -0.05) is 24.3 Å². The Labute approximate surface area is 173 Å². The van der Waals surface area contributed by atoms with Crippen molar-refractivity contribution in [2.75, 3.05) is 23.5 Å². The minimum Gasteiger partial charge on any atom is -0.322 e. The Kier molecular flexibility index (Phi) is 6.59. The molecule has 1 unspecified atom stereocenters. The topological polar surface area (TPSA) is 61.4 Å². The molecule has 0 saturated carbocycles. The first kappa shape index (κ1) is 20.6. The number of thioether (sulfide) groups is 1. The van der Waals surface area contributed by atoms with E-state index in [0.717, 1.165) is 12.1 Å². The largest absolute Gasteiger partial charge is 0.322 e. The second-order valence-electron chi connectivity index (χ2n) is 6.64. The third-order valence-electron chi connectivity index (χ3n) is 4.93. The number of benzene rings is 2. The molecule has 2 aliphatic heterocycles. The van der Waals surface area contributed by atoms with Gasteiger partial charge in [0.15, 0.2) is 0 Å². The van der Waals surface area contributed by atoms with E-state index in [1.807, 2.05) is 12.1 Å². The minimum atomic E-state index is -0.611. The maximum Gasteiger partial charge on any atom is 0.255 e. The van der Waals surface area contributed by atoms with Gasteiger partial charge in [-0.2, -0.15) is 0 Å². The van der Waals surface area contributed by atoms with Gasteiger partial charge < -0.3 is 15.5 Å². The van der Waals surface area contributed by atoms with E-state index in [1.54, 1.807) is 35.2 Å². The van der Waals surface area contributed by atoms with Crippen molar-refractivity contribution in [3.05, 3.63) is 65.0 Å². The number of halogens is 2. The van der Waals surface area contributed by atoms with Gasteiger partial charge in [0, 0.05) is 17.9 Å². The molecule has 2 amide bonds. The number of nitrogens with one attached hydrogen (secondary N) is 2. The van der Waals surface area contributed by atoms with Crippen LogP contribution in [0, 0.1) is 5.82 Å². The van der Waals surface area contributed by atoms with Crippen molar-refractivity contribution >= 4 is 41.7 Å². The smallest absolute Gasteiger partial charge is 0.255 e. The summed E-state index contributed by atoms with van der Waals surface area (Å²) in [6.07, 6.45) is 0.600. The number of rotatable bonds is 3. The zero-order valence-electron chi connectivity index (χ0n) is 15.1. The molecule has 8 heteroatoms. The highest BCUT2D eigenvalue weighted by Crippen LogP contribution is 2.27. The predicted molar refractivity (Wildman–Crippen MR) is 111 cm³/mol. The van der Waals surface area contributed by atoms with Gasteiger partial charge in [-0.25, -0.2) is 4.39 Å². The molecule has 148 valence electrons. The van der Waals surface area contributed by atoms with Crippen LogP contribution in [-0.4, -0.2) is 40.9 Å². The van der Waals surface area contributed by atoms with E-state index in [9.17, 15) is 14.0 Å². The summed E-state index contributed by atoms with van der Waals surface area (Å²) in [6.45, 7) is 1.36. The monoisotopic (exact) mass is 421 g/mol. The van der Waals surface area contributed by atoms with Crippen LogP contribution in [0.1, 0.15) is 21.5 Å². The lowest BCUT2D eigenvalue weighted by Crippen LogP contribution is -2.44. The van der Waals surface area contributed by atoms with Gasteiger partial charge in [-0.3, -0.25) is 9.59 Å². The summed E-state index contributed by atoms with van der Waals surface area (Å²) in [7, 11) is 0.